The highest BCUT2D eigenvalue weighted by molar-refractivity contribution is 6.36. The first-order valence-corrected chi connectivity index (χ1v) is 10.7. The minimum absolute atomic E-state index is 0.0454. The van der Waals surface area contributed by atoms with Crippen LogP contribution in [0, 0.1) is 6.92 Å². The van der Waals surface area contributed by atoms with Crippen LogP contribution in [0.1, 0.15) is 38.3 Å². The van der Waals surface area contributed by atoms with Crippen LogP contribution >= 0.6 is 23.2 Å². The highest BCUT2D eigenvalue weighted by atomic mass is 35.5. The second kappa shape index (κ2) is 11.2. The van der Waals surface area contributed by atoms with Gasteiger partial charge in [0.2, 0.25) is 5.91 Å². The third-order valence-corrected chi connectivity index (χ3v) is 5.27. The lowest BCUT2D eigenvalue weighted by Gasteiger charge is -2.31. The van der Waals surface area contributed by atoms with E-state index >= 15 is 0 Å². The Morgan fingerprint density at radius 2 is 1.73 bits per heavy atom. The Hall–Kier alpha value is -2.24. The summed E-state index contributed by atoms with van der Waals surface area (Å²) in [6.45, 7) is 7.48. The summed E-state index contributed by atoms with van der Waals surface area (Å²) < 4.78 is 5.69. The molecule has 0 saturated carbocycles. The molecule has 0 heterocycles. The minimum atomic E-state index is -0.673. The van der Waals surface area contributed by atoms with Crippen molar-refractivity contribution < 1.29 is 14.3 Å². The number of hydrogen-bond donors (Lipinski definition) is 1. The van der Waals surface area contributed by atoms with Crippen LogP contribution in [0.5, 0.6) is 5.75 Å². The summed E-state index contributed by atoms with van der Waals surface area (Å²) in [7, 11) is 0. The van der Waals surface area contributed by atoms with E-state index < -0.39 is 6.04 Å². The van der Waals surface area contributed by atoms with E-state index in [1.807, 2.05) is 45.9 Å². The molecule has 2 aromatic rings. The Morgan fingerprint density at radius 1 is 1.10 bits per heavy atom. The standard InChI is InChI=1S/C23H28Cl2N2O3/c1-5-21(23(29)26-15(2)3)27(13-18-19(24)10-7-11-20(18)25)22(28)14-30-17-9-6-8-16(4)12-17/h6-12,15,21H,5,13-14H2,1-4H3,(H,26,29)/t21-/m1/s1. The van der Waals surface area contributed by atoms with Gasteiger partial charge in [-0.3, -0.25) is 9.59 Å². The number of aryl methyl sites for hydroxylation is 1. The number of halogens is 2. The number of amides is 2. The van der Waals surface area contributed by atoms with Crippen LogP contribution in [0.15, 0.2) is 42.5 Å². The molecule has 162 valence electrons. The van der Waals surface area contributed by atoms with Gasteiger partial charge in [-0.25, -0.2) is 0 Å². The summed E-state index contributed by atoms with van der Waals surface area (Å²) in [5.74, 6) is 0.0524. The largest absolute Gasteiger partial charge is 0.484 e. The van der Waals surface area contributed by atoms with Gasteiger partial charge in [0, 0.05) is 28.2 Å². The van der Waals surface area contributed by atoms with Crippen molar-refractivity contribution in [3.63, 3.8) is 0 Å². The Labute approximate surface area is 188 Å². The summed E-state index contributed by atoms with van der Waals surface area (Å²) in [6.07, 6.45) is 0.441. The van der Waals surface area contributed by atoms with Gasteiger partial charge in [-0.1, -0.05) is 48.3 Å². The zero-order chi connectivity index (χ0) is 22.3. The van der Waals surface area contributed by atoms with E-state index in [1.54, 1.807) is 24.3 Å². The molecule has 0 aliphatic heterocycles. The van der Waals surface area contributed by atoms with Crippen LogP contribution in [0.25, 0.3) is 0 Å². The summed E-state index contributed by atoms with van der Waals surface area (Å²) in [5, 5.41) is 3.77. The van der Waals surface area contributed by atoms with Gasteiger partial charge in [0.05, 0.1) is 0 Å². The second-order valence-corrected chi connectivity index (χ2v) is 8.23. The average Bonchev–Trinajstić information content (AvgIpc) is 2.67. The van der Waals surface area contributed by atoms with E-state index in [-0.39, 0.29) is 31.0 Å². The first-order valence-electron chi connectivity index (χ1n) is 9.95. The van der Waals surface area contributed by atoms with Gasteiger partial charge in [-0.05, 0) is 57.0 Å². The molecule has 0 bridgehead atoms. The Morgan fingerprint density at radius 3 is 2.30 bits per heavy atom. The van der Waals surface area contributed by atoms with E-state index in [0.29, 0.717) is 27.8 Å². The molecule has 0 aliphatic rings. The molecule has 2 aromatic carbocycles. The lowest BCUT2D eigenvalue weighted by Crippen LogP contribution is -2.51. The summed E-state index contributed by atoms with van der Waals surface area (Å²) in [6, 6.07) is 11.9. The van der Waals surface area contributed by atoms with Crippen molar-refractivity contribution in [1.82, 2.24) is 10.2 Å². The fraction of sp³-hybridized carbons (Fsp3) is 0.391. The number of benzene rings is 2. The van der Waals surface area contributed by atoms with Crippen LogP contribution in [-0.2, 0) is 16.1 Å². The molecule has 30 heavy (non-hydrogen) atoms. The molecule has 0 radical (unpaired) electrons. The normalized spacial score (nSPS) is 11.8. The fourth-order valence-electron chi connectivity index (χ4n) is 3.09. The highest BCUT2D eigenvalue weighted by Crippen LogP contribution is 2.27. The van der Waals surface area contributed by atoms with Crippen molar-refractivity contribution in [2.24, 2.45) is 0 Å². The molecule has 2 amide bonds. The fourth-order valence-corrected chi connectivity index (χ4v) is 3.60. The van der Waals surface area contributed by atoms with Crippen molar-refractivity contribution in [2.45, 2.75) is 52.7 Å². The molecule has 1 atom stereocenters. The maximum absolute atomic E-state index is 13.2. The monoisotopic (exact) mass is 450 g/mol. The molecule has 0 fully saturated rings. The molecule has 0 aromatic heterocycles. The van der Waals surface area contributed by atoms with Gasteiger partial charge >= 0.3 is 0 Å². The van der Waals surface area contributed by atoms with Crippen molar-refractivity contribution in [3.05, 3.63) is 63.6 Å². The first-order chi connectivity index (χ1) is 14.2. The van der Waals surface area contributed by atoms with Crippen molar-refractivity contribution in [3.8, 4) is 5.75 Å². The van der Waals surface area contributed by atoms with Crippen molar-refractivity contribution in [1.29, 1.82) is 0 Å². The van der Waals surface area contributed by atoms with Crippen LogP contribution < -0.4 is 10.1 Å². The number of nitrogens with one attached hydrogen (secondary N) is 1. The molecule has 0 aliphatic carbocycles. The molecule has 0 saturated heterocycles. The number of carbonyl (C=O) groups excluding carboxylic acids is 2. The third kappa shape index (κ3) is 6.64. The van der Waals surface area contributed by atoms with Gasteiger partial charge in [0.1, 0.15) is 11.8 Å². The molecule has 7 heteroatoms. The maximum atomic E-state index is 13.2. The number of hydrogen-bond acceptors (Lipinski definition) is 3. The Bertz CT molecular complexity index is 866. The van der Waals surface area contributed by atoms with Crippen LogP contribution in [-0.4, -0.2) is 35.4 Å². The van der Waals surface area contributed by atoms with Gasteiger partial charge in [0.25, 0.3) is 5.91 Å². The maximum Gasteiger partial charge on any atom is 0.261 e. The van der Waals surface area contributed by atoms with E-state index in [0.717, 1.165) is 5.56 Å². The van der Waals surface area contributed by atoms with Crippen molar-refractivity contribution in [2.75, 3.05) is 6.61 Å². The second-order valence-electron chi connectivity index (χ2n) is 7.41. The number of rotatable bonds is 9. The predicted octanol–water partition coefficient (Wildman–Crippen LogP) is 5.01. The van der Waals surface area contributed by atoms with Crippen LogP contribution in [0.3, 0.4) is 0 Å². The van der Waals surface area contributed by atoms with E-state index in [1.165, 1.54) is 4.90 Å². The van der Waals surface area contributed by atoms with E-state index in [4.69, 9.17) is 27.9 Å². The Kier molecular flexibility index (Phi) is 9.00. The van der Waals surface area contributed by atoms with E-state index in [9.17, 15) is 9.59 Å². The zero-order valence-corrected chi connectivity index (χ0v) is 19.3. The molecule has 0 spiro atoms. The van der Waals surface area contributed by atoms with Gasteiger partial charge in [-0.2, -0.15) is 0 Å². The van der Waals surface area contributed by atoms with Gasteiger partial charge in [0.15, 0.2) is 6.61 Å². The van der Waals surface area contributed by atoms with E-state index in [2.05, 4.69) is 5.32 Å². The SMILES string of the molecule is CC[C@H](C(=O)NC(C)C)N(Cc1c(Cl)cccc1Cl)C(=O)COc1cccc(C)c1. The summed E-state index contributed by atoms with van der Waals surface area (Å²) >= 11 is 12.7. The molecular formula is C23H28Cl2N2O3. The quantitative estimate of drug-likeness (QED) is 0.583. The molecular weight excluding hydrogens is 423 g/mol. The number of carbonyl (C=O) groups is 2. The predicted molar refractivity (Wildman–Crippen MR) is 121 cm³/mol. The lowest BCUT2D eigenvalue weighted by atomic mass is 10.1. The smallest absolute Gasteiger partial charge is 0.261 e. The van der Waals surface area contributed by atoms with Crippen molar-refractivity contribution >= 4 is 35.0 Å². The first kappa shape index (κ1) is 24.0. The van der Waals surface area contributed by atoms with Gasteiger partial charge < -0.3 is 15.0 Å². The number of nitrogens with zero attached hydrogens (tertiary/aromatic N) is 1. The summed E-state index contributed by atoms with van der Waals surface area (Å²) in [4.78, 5) is 27.4. The lowest BCUT2D eigenvalue weighted by molar-refractivity contribution is -0.143. The molecule has 1 N–H and O–H groups in total. The van der Waals surface area contributed by atoms with Crippen LogP contribution in [0.4, 0.5) is 0 Å². The third-order valence-electron chi connectivity index (χ3n) is 4.56. The zero-order valence-electron chi connectivity index (χ0n) is 17.7. The average molecular weight is 451 g/mol. The number of ether oxygens (including phenoxy) is 1. The summed E-state index contributed by atoms with van der Waals surface area (Å²) in [5.41, 5.74) is 1.63. The van der Waals surface area contributed by atoms with Gasteiger partial charge in [-0.15, -0.1) is 0 Å². The molecule has 5 nitrogen and oxygen atoms in total. The minimum Gasteiger partial charge on any atom is -0.484 e. The topological polar surface area (TPSA) is 58.6 Å². The highest BCUT2D eigenvalue weighted by Gasteiger charge is 2.30. The molecule has 2 rings (SSSR count). The molecule has 0 unspecified atom stereocenters. The van der Waals surface area contributed by atoms with Crippen LogP contribution in [0.2, 0.25) is 10.0 Å². The Balaban J connectivity index is 2.28.